The molecule has 0 saturated heterocycles. The molecule has 0 bridgehead atoms. The lowest BCUT2D eigenvalue weighted by Gasteiger charge is -2.21. The number of fused-ring (bicyclic) bond motifs is 1. The van der Waals surface area contributed by atoms with Crippen LogP contribution in [0.1, 0.15) is 39.3 Å². The van der Waals surface area contributed by atoms with E-state index in [1.165, 1.54) is 16.7 Å². The van der Waals surface area contributed by atoms with E-state index in [9.17, 15) is 14.0 Å². The third-order valence-electron chi connectivity index (χ3n) is 5.36. The van der Waals surface area contributed by atoms with Gasteiger partial charge in [-0.25, -0.2) is 13.8 Å². The number of ether oxygens (including phenoxy) is 2. The largest absolute Gasteiger partial charge is 0.487 e. The number of hydrogen-bond donors (Lipinski definition) is 0. The Balaban J connectivity index is 1.57. The summed E-state index contributed by atoms with van der Waals surface area (Å²) in [6.45, 7) is 5.33. The molecule has 0 spiro atoms. The minimum atomic E-state index is -0.726. The topological polar surface area (TPSA) is 60.8 Å². The summed E-state index contributed by atoms with van der Waals surface area (Å²) in [5.41, 5.74) is 0.898. The van der Waals surface area contributed by atoms with E-state index in [4.69, 9.17) is 21.1 Å². The summed E-state index contributed by atoms with van der Waals surface area (Å²) < 4.78 is 26.9. The van der Waals surface area contributed by atoms with Crippen LogP contribution in [-0.2, 0) is 16.1 Å². The van der Waals surface area contributed by atoms with Gasteiger partial charge in [0.1, 0.15) is 23.8 Å². The van der Waals surface area contributed by atoms with Crippen molar-refractivity contribution in [3.8, 4) is 5.75 Å². The molecule has 6 nitrogen and oxygen atoms in total. The molecule has 1 aliphatic rings. The summed E-state index contributed by atoms with van der Waals surface area (Å²) in [5, 5.41) is 0.568. The van der Waals surface area contributed by atoms with E-state index in [-0.39, 0.29) is 23.5 Å². The number of aromatic nitrogens is 1. The van der Waals surface area contributed by atoms with Gasteiger partial charge in [-0.1, -0.05) is 11.6 Å². The summed E-state index contributed by atoms with van der Waals surface area (Å²) in [5.74, 6) is 0.201. The summed E-state index contributed by atoms with van der Waals surface area (Å²) in [6.07, 6.45) is 1.27. The van der Waals surface area contributed by atoms with Gasteiger partial charge in [0.25, 0.3) is 0 Å². The number of carbonyl (C=O) groups excluding carboxylic acids is 2. The monoisotopic (exact) mass is 472 g/mol. The first kappa shape index (κ1) is 23.1. The molecule has 4 rings (SSSR count). The highest BCUT2D eigenvalue weighted by atomic mass is 35.5. The molecule has 33 heavy (non-hydrogen) atoms. The molecule has 1 amide bonds. The Bertz CT molecular complexity index is 1210. The molecule has 2 aromatic carbocycles. The third kappa shape index (κ3) is 5.14. The average molecular weight is 473 g/mol. The van der Waals surface area contributed by atoms with Gasteiger partial charge in [0, 0.05) is 30.1 Å². The lowest BCUT2D eigenvalue weighted by molar-refractivity contribution is -0.119. The number of amides is 1. The van der Waals surface area contributed by atoms with Gasteiger partial charge in [0.05, 0.1) is 16.2 Å². The number of nitrogens with zero attached hydrogens (tertiary/aromatic N) is 2. The molecule has 0 atom stereocenters. The van der Waals surface area contributed by atoms with Crippen molar-refractivity contribution in [2.45, 2.75) is 45.8 Å². The molecule has 0 N–H and O–H groups in total. The summed E-state index contributed by atoms with van der Waals surface area (Å²) in [7, 11) is 1.76. The number of halogens is 2. The molecule has 0 aliphatic heterocycles. The Kier molecular flexibility index (Phi) is 6.10. The zero-order valence-corrected chi connectivity index (χ0v) is 19.8. The summed E-state index contributed by atoms with van der Waals surface area (Å²) in [4.78, 5) is 26.8. The maximum absolute atomic E-state index is 14.1. The van der Waals surface area contributed by atoms with Crippen molar-refractivity contribution in [1.29, 1.82) is 0 Å². The fraction of sp³-hybridized carbons (Fsp3) is 0.360. The van der Waals surface area contributed by atoms with Crippen LogP contribution in [-0.4, -0.2) is 29.2 Å². The molecule has 1 aliphatic carbocycles. The van der Waals surface area contributed by atoms with Crippen LogP contribution in [0.25, 0.3) is 10.9 Å². The van der Waals surface area contributed by atoms with Crippen LogP contribution < -0.4 is 9.64 Å². The maximum Gasteiger partial charge on any atom is 0.419 e. The first-order chi connectivity index (χ1) is 15.5. The maximum atomic E-state index is 14.1. The first-order valence-corrected chi connectivity index (χ1v) is 11.1. The standard InChI is InChI=1S/C25H26ClFN2O4/c1-25(2,3)33-24(31)29-18(11-16-12-20(26)21(27)13-22(16)29)14-32-19-9-7-17(8-10-19)28(4)23(30)15-5-6-15/h7-13,15H,5-6,14H2,1-4H3. The minimum Gasteiger partial charge on any atom is -0.487 e. The molecule has 1 fully saturated rings. The van der Waals surface area contributed by atoms with E-state index in [2.05, 4.69) is 0 Å². The molecule has 8 heteroatoms. The second kappa shape index (κ2) is 8.71. The SMILES string of the molecule is CN(C(=O)C1CC1)c1ccc(OCc2cc3cc(Cl)c(F)cc3n2C(=O)OC(C)(C)C)cc1. The number of benzene rings is 2. The lowest BCUT2D eigenvalue weighted by Crippen LogP contribution is -2.28. The Hall–Kier alpha value is -3.06. The Labute approximate surface area is 196 Å². The zero-order chi connectivity index (χ0) is 23.9. The second-order valence-corrected chi connectivity index (χ2v) is 9.64. The van der Waals surface area contributed by atoms with Gasteiger partial charge < -0.3 is 14.4 Å². The van der Waals surface area contributed by atoms with Crippen LogP contribution in [0.15, 0.2) is 42.5 Å². The molecule has 1 saturated carbocycles. The highest BCUT2D eigenvalue weighted by Crippen LogP contribution is 2.33. The van der Waals surface area contributed by atoms with E-state index in [1.54, 1.807) is 50.9 Å². The van der Waals surface area contributed by atoms with E-state index in [0.29, 0.717) is 22.3 Å². The van der Waals surface area contributed by atoms with E-state index >= 15 is 0 Å². The van der Waals surface area contributed by atoms with Crippen LogP contribution in [0.5, 0.6) is 5.75 Å². The van der Waals surface area contributed by atoms with Gasteiger partial charge in [-0.15, -0.1) is 0 Å². The van der Waals surface area contributed by atoms with Crippen molar-refractivity contribution < 1.29 is 23.5 Å². The smallest absolute Gasteiger partial charge is 0.419 e. The van der Waals surface area contributed by atoms with Gasteiger partial charge in [-0.2, -0.15) is 0 Å². The van der Waals surface area contributed by atoms with E-state index < -0.39 is 17.5 Å². The van der Waals surface area contributed by atoms with Crippen molar-refractivity contribution in [2.24, 2.45) is 5.92 Å². The van der Waals surface area contributed by atoms with Crippen molar-refractivity contribution in [2.75, 3.05) is 11.9 Å². The van der Waals surface area contributed by atoms with Crippen molar-refractivity contribution in [1.82, 2.24) is 4.57 Å². The van der Waals surface area contributed by atoms with Crippen molar-refractivity contribution in [3.63, 3.8) is 0 Å². The van der Waals surface area contributed by atoms with Crippen LogP contribution in [0, 0.1) is 11.7 Å². The molecule has 174 valence electrons. The molecule has 1 aromatic heterocycles. The Morgan fingerprint density at radius 3 is 2.42 bits per heavy atom. The molecule has 1 heterocycles. The fourth-order valence-electron chi connectivity index (χ4n) is 3.54. The van der Waals surface area contributed by atoms with Gasteiger partial charge in [-0.05, 0) is 70.0 Å². The normalized spacial score (nSPS) is 13.8. The Morgan fingerprint density at radius 1 is 1.15 bits per heavy atom. The molecular formula is C25H26ClFN2O4. The predicted octanol–water partition coefficient (Wildman–Crippen LogP) is 6.17. The first-order valence-electron chi connectivity index (χ1n) is 10.8. The molecular weight excluding hydrogens is 447 g/mol. The summed E-state index contributed by atoms with van der Waals surface area (Å²) >= 11 is 5.93. The van der Waals surface area contributed by atoms with Gasteiger partial charge in [0.2, 0.25) is 5.91 Å². The van der Waals surface area contributed by atoms with Gasteiger partial charge in [-0.3, -0.25) is 4.79 Å². The van der Waals surface area contributed by atoms with E-state index in [0.717, 1.165) is 18.5 Å². The van der Waals surface area contributed by atoms with Crippen LogP contribution in [0.3, 0.4) is 0 Å². The molecule has 0 radical (unpaired) electrons. The molecule has 3 aromatic rings. The van der Waals surface area contributed by atoms with Gasteiger partial charge in [0.15, 0.2) is 0 Å². The highest BCUT2D eigenvalue weighted by molar-refractivity contribution is 6.31. The highest BCUT2D eigenvalue weighted by Gasteiger charge is 2.32. The lowest BCUT2D eigenvalue weighted by atomic mass is 10.2. The number of carbonyl (C=O) groups is 2. The van der Waals surface area contributed by atoms with E-state index in [1.807, 2.05) is 12.1 Å². The number of rotatable bonds is 5. The average Bonchev–Trinajstić information content (AvgIpc) is 3.53. The number of hydrogen-bond acceptors (Lipinski definition) is 4. The van der Waals surface area contributed by atoms with Crippen LogP contribution >= 0.6 is 11.6 Å². The molecule has 0 unspecified atom stereocenters. The van der Waals surface area contributed by atoms with Crippen molar-refractivity contribution >= 4 is 40.2 Å². The fourth-order valence-corrected chi connectivity index (χ4v) is 3.72. The third-order valence-corrected chi connectivity index (χ3v) is 5.65. The Morgan fingerprint density at radius 2 is 1.82 bits per heavy atom. The van der Waals surface area contributed by atoms with Crippen LogP contribution in [0.4, 0.5) is 14.9 Å². The summed E-state index contributed by atoms with van der Waals surface area (Å²) in [6, 6.07) is 11.6. The quantitative estimate of drug-likeness (QED) is 0.445. The zero-order valence-electron chi connectivity index (χ0n) is 19.0. The van der Waals surface area contributed by atoms with Crippen molar-refractivity contribution in [3.05, 3.63) is 59.0 Å². The number of anilines is 1. The predicted molar refractivity (Wildman–Crippen MR) is 125 cm³/mol. The second-order valence-electron chi connectivity index (χ2n) is 9.23. The van der Waals surface area contributed by atoms with Crippen LogP contribution in [0.2, 0.25) is 5.02 Å². The minimum absolute atomic E-state index is 0.0308. The van der Waals surface area contributed by atoms with Gasteiger partial charge >= 0.3 is 6.09 Å².